The minimum absolute atomic E-state index is 0.319. The lowest BCUT2D eigenvalue weighted by Crippen LogP contribution is -2.20. The molecule has 1 unspecified atom stereocenters. The van der Waals surface area contributed by atoms with E-state index in [4.69, 9.17) is 9.47 Å². The minimum Gasteiger partial charge on any atom is -0.489 e. The van der Waals surface area contributed by atoms with Crippen molar-refractivity contribution in [2.75, 3.05) is 25.6 Å². The Morgan fingerprint density at radius 3 is 2.04 bits per heavy atom. The van der Waals surface area contributed by atoms with Crippen LogP contribution >= 0.6 is 0 Å². The molecule has 4 heteroatoms. The van der Waals surface area contributed by atoms with E-state index in [0.29, 0.717) is 13.2 Å². The second kappa shape index (κ2) is 9.76. The smallest absolute Gasteiger partial charge is 0.142 e. The monoisotopic (exact) mass is 363 g/mol. The number of aliphatic hydroxyl groups excluding tert-OH is 1. The van der Waals surface area contributed by atoms with Crippen LogP contribution < -0.4 is 10.1 Å². The maximum Gasteiger partial charge on any atom is 0.142 e. The molecule has 0 spiro atoms. The highest BCUT2D eigenvalue weighted by atomic mass is 16.5. The van der Waals surface area contributed by atoms with Gasteiger partial charge >= 0.3 is 0 Å². The summed E-state index contributed by atoms with van der Waals surface area (Å²) in [6.45, 7) is 0.982. The van der Waals surface area contributed by atoms with Gasteiger partial charge in [-0.25, -0.2) is 0 Å². The Morgan fingerprint density at radius 2 is 1.37 bits per heavy atom. The van der Waals surface area contributed by atoms with Crippen molar-refractivity contribution in [2.45, 2.75) is 12.1 Å². The van der Waals surface area contributed by atoms with E-state index in [2.05, 4.69) is 5.32 Å². The van der Waals surface area contributed by atoms with Crippen LogP contribution in [0.2, 0.25) is 0 Å². The first-order valence-corrected chi connectivity index (χ1v) is 9.05. The number of methoxy groups -OCH3 is 1. The number of hydrogen-bond donors (Lipinski definition) is 2. The zero-order valence-electron chi connectivity index (χ0n) is 15.4. The molecule has 2 atom stereocenters. The molecule has 140 valence electrons. The standard InChI is InChI=1S/C23H25NO3/c1-26-16-17-27-21-15-9-8-14-20(21)24-22(18-10-4-2-5-11-18)23(25)19-12-6-3-7-13-19/h2-15,22-25H,16-17H2,1H3/t22?,23-/m0/s1. The van der Waals surface area contributed by atoms with Crippen LogP contribution in [0.25, 0.3) is 0 Å². The number of rotatable bonds is 9. The molecular weight excluding hydrogens is 338 g/mol. The van der Waals surface area contributed by atoms with Gasteiger partial charge < -0.3 is 19.9 Å². The molecule has 27 heavy (non-hydrogen) atoms. The molecule has 0 fully saturated rings. The van der Waals surface area contributed by atoms with Crippen molar-refractivity contribution >= 4 is 5.69 Å². The number of ether oxygens (including phenoxy) is 2. The lowest BCUT2D eigenvalue weighted by molar-refractivity contribution is 0.145. The van der Waals surface area contributed by atoms with Crippen LogP contribution in [0.15, 0.2) is 84.9 Å². The molecule has 3 rings (SSSR count). The molecule has 3 aromatic carbocycles. The van der Waals surface area contributed by atoms with Crippen LogP contribution in [0, 0.1) is 0 Å². The Balaban J connectivity index is 1.89. The van der Waals surface area contributed by atoms with Crippen molar-refractivity contribution in [3.8, 4) is 5.75 Å². The van der Waals surface area contributed by atoms with Crippen molar-refractivity contribution in [1.29, 1.82) is 0 Å². The van der Waals surface area contributed by atoms with Gasteiger partial charge in [-0.15, -0.1) is 0 Å². The van der Waals surface area contributed by atoms with Gasteiger partial charge in [0, 0.05) is 7.11 Å². The van der Waals surface area contributed by atoms with Crippen LogP contribution in [0.1, 0.15) is 23.3 Å². The van der Waals surface area contributed by atoms with E-state index >= 15 is 0 Å². The lowest BCUT2D eigenvalue weighted by atomic mass is 9.95. The van der Waals surface area contributed by atoms with Crippen LogP contribution in [0.5, 0.6) is 5.75 Å². The van der Waals surface area contributed by atoms with Gasteiger partial charge in [0.05, 0.1) is 18.3 Å². The summed E-state index contributed by atoms with van der Waals surface area (Å²) < 4.78 is 10.9. The fourth-order valence-electron chi connectivity index (χ4n) is 2.96. The first kappa shape index (κ1) is 19.0. The highest BCUT2D eigenvalue weighted by Crippen LogP contribution is 2.35. The van der Waals surface area contributed by atoms with Crippen LogP contribution in [0.3, 0.4) is 0 Å². The van der Waals surface area contributed by atoms with Gasteiger partial charge in [-0.05, 0) is 23.3 Å². The molecule has 0 aliphatic carbocycles. The quantitative estimate of drug-likeness (QED) is 0.546. The van der Waals surface area contributed by atoms with Gasteiger partial charge in [0.15, 0.2) is 0 Å². The van der Waals surface area contributed by atoms with Crippen molar-refractivity contribution < 1.29 is 14.6 Å². The van der Waals surface area contributed by atoms with Crippen molar-refractivity contribution in [2.24, 2.45) is 0 Å². The van der Waals surface area contributed by atoms with E-state index in [9.17, 15) is 5.11 Å². The third-order valence-electron chi connectivity index (χ3n) is 4.36. The molecule has 2 N–H and O–H groups in total. The summed E-state index contributed by atoms with van der Waals surface area (Å²) in [6, 6.07) is 27.0. The first-order chi connectivity index (χ1) is 13.3. The molecule has 0 aliphatic heterocycles. The number of anilines is 1. The summed E-state index contributed by atoms with van der Waals surface area (Å²) in [5.74, 6) is 0.732. The van der Waals surface area contributed by atoms with Crippen LogP contribution in [-0.2, 0) is 4.74 Å². The Labute approximate surface area is 160 Å². The summed E-state index contributed by atoms with van der Waals surface area (Å²) in [5, 5.41) is 14.5. The summed E-state index contributed by atoms with van der Waals surface area (Å²) in [4.78, 5) is 0. The third kappa shape index (κ3) is 5.09. The fraction of sp³-hybridized carbons (Fsp3) is 0.217. The molecule has 3 aromatic rings. The summed E-state index contributed by atoms with van der Waals surface area (Å²) in [7, 11) is 1.65. The Morgan fingerprint density at radius 1 is 0.778 bits per heavy atom. The lowest BCUT2D eigenvalue weighted by Gasteiger charge is -2.27. The Kier molecular flexibility index (Phi) is 6.85. The second-order valence-electron chi connectivity index (χ2n) is 6.23. The number of hydrogen-bond acceptors (Lipinski definition) is 4. The molecule has 0 saturated heterocycles. The highest BCUT2D eigenvalue weighted by Gasteiger charge is 2.23. The maximum absolute atomic E-state index is 11.1. The first-order valence-electron chi connectivity index (χ1n) is 9.05. The molecule has 0 aliphatic rings. The van der Waals surface area contributed by atoms with E-state index in [-0.39, 0.29) is 6.04 Å². The zero-order chi connectivity index (χ0) is 18.9. The number of benzene rings is 3. The highest BCUT2D eigenvalue weighted by molar-refractivity contribution is 5.58. The van der Waals surface area contributed by atoms with Crippen molar-refractivity contribution in [3.05, 3.63) is 96.1 Å². The molecule has 0 bridgehead atoms. The fourth-order valence-corrected chi connectivity index (χ4v) is 2.96. The summed E-state index contributed by atoms with van der Waals surface area (Å²) >= 11 is 0. The van der Waals surface area contributed by atoms with Crippen LogP contribution in [-0.4, -0.2) is 25.4 Å². The van der Waals surface area contributed by atoms with E-state index < -0.39 is 6.10 Å². The molecule has 0 heterocycles. The zero-order valence-corrected chi connectivity index (χ0v) is 15.4. The normalized spacial score (nSPS) is 13.0. The summed E-state index contributed by atoms with van der Waals surface area (Å²) in [6.07, 6.45) is -0.708. The van der Waals surface area contributed by atoms with E-state index in [1.807, 2.05) is 84.9 Å². The SMILES string of the molecule is COCCOc1ccccc1NC(c1ccccc1)[C@@H](O)c1ccccc1. The van der Waals surface area contributed by atoms with Gasteiger partial charge in [-0.2, -0.15) is 0 Å². The van der Waals surface area contributed by atoms with E-state index in [1.165, 1.54) is 0 Å². The molecule has 0 saturated carbocycles. The van der Waals surface area contributed by atoms with E-state index in [0.717, 1.165) is 22.6 Å². The van der Waals surface area contributed by atoms with Gasteiger partial charge in [-0.3, -0.25) is 0 Å². The number of nitrogens with one attached hydrogen (secondary N) is 1. The third-order valence-corrected chi connectivity index (χ3v) is 4.36. The number of aliphatic hydroxyl groups is 1. The molecule has 0 aromatic heterocycles. The molecule has 0 amide bonds. The predicted molar refractivity (Wildman–Crippen MR) is 108 cm³/mol. The second-order valence-corrected chi connectivity index (χ2v) is 6.23. The average molecular weight is 363 g/mol. The topological polar surface area (TPSA) is 50.7 Å². The van der Waals surface area contributed by atoms with Crippen LogP contribution in [0.4, 0.5) is 5.69 Å². The summed E-state index contributed by atoms with van der Waals surface area (Å²) in [5.41, 5.74) is 2.69. The molecular formula is C23H25NO3. The Hall–Kier alpha value is -2.82. The molecule has 0 radical (unpaired) electrons. The van der Waals surface area contributed by atoms with Gasteiger partial charge in [0.1, 0.15) is 18.5 Å². The largest absolute Gasteiger partial charge is 0.489 e. The van der Waals surface area contributed by atoms with Crippen molar-refractivity contribution in [3.63, 3.8) is 0 Å². The predicted octanol–water partition coefficient (Wildman–Crippen LogP) is 4.60. The Bertz CT molecular complexity index is 808. The number of para-hydroxylation sites is 2. The molecule has 4 nitrogen and oxygen atoms in total. The average Bonchev–Trinajstić information content (AvgIpc) is 2.74. The van der Waals surface area contributed by atoms with Gasteiger partial charge in [-0.1, -0.05) is 72.8 Å². The van der Waals surface area contributed by atoms with Gasteiger partial charge in [0.2, 0.25) is 0 Å². The maximum atomic E-state index is 11.1. The van der Waals surface area contributed by atoms with Gasteiger partial charge in [0.25, 0.3) is 0 Å². The van der Waals surface area contributed by atoms with Crippen molar-refractivity contribution in [1.82, 2.24) is 0 Å². The minimum atomic E-state index is -0.708. The van der Waals surface area contributed by atoms with E-state index in [1.54, 1.807) is 7.11 Å².